The average molecular weight is 437 g/mol. The summed E-state index contributed by atoms with van der Waals surface area (Å²) in [7, 11) is 0. The van der Waals surface area contributed by atoms with Crippen LogP contribution in [0.1, 0.15) is 11.4 Å². The van der Waals surface area contributed by atoms with Crippen LogP contribution in [0.5, 0.6) is 5.75 Å². The molecule has 0 aliphatic carbocycles. The summed E-state index contributed by atoms with van der Waals surface area (Å²) in [6.45, 7) is 0.653. The second kappa shape index (κ2) is 9.27. The molecule has 0 fully saturated rings. The van der Waals surface area contributed by atoms with Crippen molar-refractivity contribution in [2.45, 2.75) is 13.2 Å². The summed E-state index contributed by atoms with van der Waals surface area (Å²) in [5.74, 6) is 0.561. The van der Waals surface area contributed by atoms with Gasteiger partial charge >= 0.3 is 6.01 Å². The first-order valence-electron chi connectivity index (χ1n) is 10.3. The highest BCUT2D eigenvalue weighted by Gasteiger charge is 2.18. The quantitative estimate of drug-likeness (QED) is 0.372. The molecular formula is C25H19N5O3. The number of anilines is 2. The highest BCUT2D eigenvalue weighted by Crippen LogP contribution is 2.28. The lowest BCUT2D eigenvalue weighted by atomic mass is 10.2. The molecule has 0 N–H and O–H groups in total. The van der Waals surface area contributed by atoms with Crippen molar-refractivity contribution >= 4 is 22.7 Å². The Morgan fingerprint density at radius 3 is 2.42 bits per heavy atom. The number of aromatic nitrogens is 4. The first kappa shape index (κ1) is 20.3. The lowest BCUT2D eigenvalue weighted by Gasteiger charge is -2.21. The van der Waals surface area contributed by atoms with E-state index in [1.165, 1.54) is 0 Å². The van der Waals surface area contributed by atoms with Crippen LogP contribution in [0.3, 0.4) is 0 Å². The van der Waals surface area contributed by atoms with Crippen molar-refractivity contribution in [3.63, 3.8) is 0 Å². The van der Waals surface area contributed by atoms with E-state index >= 15 is 0 Å². The van der Waals surface area contributed by atoms with E-state index in [0.717, 1.165) is 17.1 Å². The van der Waals surface area contributed by atoms with Gasteiger partial charge in [0, 0.05) is 24.7 Å². The molecule has 0 radical (unpaired) electrons. The van der Waals surface area contributed by atoms with E-state index in [1.54, 1.807) is 47.9 Å². The van der Waals surface area contributed by atoms with Gasteiger partial charge in [-0.15, -0.1) is 0 Å². The third-order valence-electron chi connectivity index (χ3n) is 4.93. The summed E-state index contributed by atoms with van der Waals surface area (Å²) >= 11 is 0. The number of hydrogen-bond donors (Lipinski definition) is 0. The molecule has 0 spiro atoms. The summed E-state index contributed by atoms with van der Waals surface area (Å²) in [6.07, 6.45) is 6.79. The summed E-state index contributed by atoms with van der Waals surface area (Å²) < 4.78 is 11.9. The molecule has 0 unspecified atom stereocenters. The van der Waals surface area contributed by atoms with Gasteiger partial charge < -0.3 is 9.15 Å². The summed E-state index contributed by atoms with van der Waals surface area (Å²) in [6, 6.07) is 20.2. The molecule has 0 saturated carbocycles. The normalized spacial score (nSPS) is 10.8. The highest BCUT2D eigenvalue weighted by atomic mass is 16.5. The highest BCUT2D eigenvalue weighted by molar-refractivity contribution is 5.78. The van der Waals surface area contributed by atoms with E-state index in [2.05, 4.69) is 19.9 Å². The van der Waals surface area contributed by atoms with Crippen molar-refractivity contribution in [1.29, 1.82) is 0 Å². The Bertz CT molecular complexity index is 1410. The summed E-state index contributed by atoms with van der Waals surface area (Å²) in [5, 5.41) is 0.368. The first-order valence-corrected chi connectivity index (χ1v) is 10.3. The molecule has 0 saturated heterocycles. The Morgan fingerprint density at radius 1 is 0.879 bits per heavy atom. The van der Waals surface area contributed by atoms with Gasteiger partial charge in [-0.1, -0.05) is 12.1 Å². The third-order valence-corrected chi connectivity index (χ3v) is 4.93. The van der Waals surface area contributed by atoms with Gasteiger partial charge in [0.05, 0.1) is 35.2 Å². The fourth-order valence-electron chi connectivity index (χ4n) is 3.31. The maximum Gasteiger partial charge on any atom is 0.306 e. The molecule has 8 nitrogen and oxygen atoms in total. The van der Waals surface area contributed by atoms with Gasteiger partial charge in [0.15, 0.2) is 0 Å². The van der Waals surface area contributed by atoms with Crippen LogP contribution in [0.25, 0.3) is 11.0 Å². The Balaban J connectivity index is 1.51. The van der Waals surface area contributed by atoms with Gasteiger partial charge in [-0.2, -0.15) is 4.98 Å². The minimum absolute atomic E-state index is 0.146. The number of rotatable bonds is 7. The Morgan fingerprint density at radius 2 is 1.70 bits per heavy atom. The molecule has 1 aromatic carbocycles. The number of ether oxygens (including phenoxy) is 1. The van der Waals surface area contributed by atoms with Crippen molar-refractivity contribution in [3.05, 3.63) is 113 Å². The number of pyridine rings is 3. The monoisotopic (exact) mass is 437 g/mol. The fourth-order valence-corrected chi connectivity index (χ4v) is 3.31. The van der Waals surface area contributed by atoms with E-state index in [9.17, 15) is 4.79 Å². The van der Waals surface area contributed by atoms with E-state index < -0.39 is 5.56 Å². The van der Waals surface area contributed by atoms with Crippen LogP contribution < -0.4 is 15.2 Å². The molecule has 0 amide bonds. The van der Waals surface area contributed by atoms with E-state index in [4.69, 9.17) is 9.15 Å². The maximum atomic E-state index is 12.8. The molecule has 4 aromatic heterocycles. The Labute approximate surface area is 189 Å². The summed E-state index contributed by atoms with van der Waals surface area (Å²) in [5.41, 5.74) is 2.29. The van der Waals surface area contributed by atoms with Gasteiger partial charge in [-0.3, -0.25) is 24.6 Å². The molecule has 33 heavy (non-hydrogen) atoms. The SMILES string of the molecule is O=c1nc(N(Cc2ccccn2)c2cccnc2)oc2cc(OCc3ccccn3)ccc12. The van der Waals surface area contributed by atoms with Crippen LogP contribution in [0.2, 0.25) is 0 Å². The topological polar surface area (TPSA) is 94.2 Å². The van der Waals surface area contributed by atoms with E-state index in [1.807, 2.05) is 48.5 Å². The largest absolute Gasteiger partial charge is 0.487 e. The predicted octanol–water partition coefficient (Wildman–Crippen LogP) is 4.29. The zero-order valence-corrected chi connectivity index (χ0v) is 17.5. The zero-order chi connectivity index (χ0) is 22.5. The standard InChI is InChI=1S/C25H19N5O3/c31-24-22-10-9-21(32-17-19-7-2-4-13-28-19)14-23(22)33-25(29-24)30(20-8-5-11-26-15-20)16-18-6-1-3-12-27-18/h1-15H,16-17H2. The van der Waals surface area contributed by atoms with Crippen molar-refractivity contribution in [3.8, 4) is 5.75 Å². The average Bonchev–Trinajstić information content (AvgIpc) is 2.87. The number of benzene rings is 1. The Hall–Kier alpha value is -4.59. The smallest absolute Gasteiger partial charge is 0.306 e. The minimum atomic E-state index is -0.391. The fraction of sp³-hybridized carbons (Fsp3) is 0.0800. The Kier molecular flexibility index (Phi) is 5.71. The van der Waals surface area contributed by atoms with Gasteiger partial charge in [0.25, 0.3) is 5.56 Å². The molecule has 5 aromatic rings. The van der Waals surface area contributed by atoms with Crippen molar-refractivity contribution < 1.29 is 9.15 Å². The predicted molar refractivity (Wildman–Crippen MR) is 123 cm³/mol. The van der Waals surface area contributed by atoms with Crippen LogP contribution in [0, 0.1) is 0 Å². The van der Waals surface area contributed by atoms with Crippen LogP contribution >= 0.6 is 0 Å². The lowest BCUT2D eigenvalue weighted by molar-refractivity contribution is 0.301. The molecular weight excluding hydrogens is 418 g/mol. The van der Waals surface area contributed by atoms with Crippen LogP contribution in [0.4, 0.5) is 11.7 Å². The van der Waals surface area contributed by atoms with E-state index in [0.29, 0.717) is 29.9 Å². The lowest BCUT2D eigenvalue weighted by Crippen LogP contribution is -2.21. The second-order valence-corrected chi connectivity index (χ2v) is 7.19. The maximum absolute atomic E-state index is 12.8. The number of fused-ring (bicyclic) bond motifs is 1. The van der Waals surface area contributed by atoms with Gasteiger partial charge in [0.2, 0.25) is 0 Å². The molecule has 4 heterocycles. The molecule has 5 rings (SSSR count). The van der Waals surface area contributed by atoms with Crippen molar-refractivity contribution in [2.24, 2.45) is 0 Å². The van der Waals surface area contributed by atoms with Gasteiger partial charge in [-0.25, -0.2) is 0 Å². The molecule has 0 aliphatic heterocycles. The third kappa shape index (κ3) is 4.69. The molecule has 0 bridgehead atoms. The molecule has 0 atom stereocenters. The first-order chi connectivity index (χ1) is 16.3. The minimum Gasteiger partial charge on any atom is -0.487 e. The van der Waals surface area contributed by atoms with Crippen molar-refractivity contribution in [2.75, 3.05) is 4.90 Å². The van der Waals surface area contributed by atoms with Crippen LogP contribution in [-0.4, -0.2) is 19.9 Å². The zero-order valence-electron chi connectivity index (χ0n) is 17.5. The van der Waals surface area contributed by atoms with Crippen molar-refractivity contribution in [1.82, 2.24) is 19.9 Å². The number of hydrogen-bond acceptors (Lipinski definition) is 8. The molecule has 0 aliphatic rings. The second-order valence-electron chi connectivity index (χ2n) is 7.19. The molecule has 8 heteroatoms. The van der Waals surface area contributed by atoms with Crippen LogP contribution in [0.15, 0.2) is 101 Å². The molecule has 162 valence electrons. The number of nitrogens with zero attached hydrogens (tertiary/aromatic N) is 5. The van der Waals surface area contributed by atoms with E-state index in [-0.39, 0.29) is 6.01 Å². The van der Waals surface area contributed by atoms with Gasteiger partial charge in [0.1, 0.15) is 17.9 Å². The summed E-state index contributed by atoms with van der Waals surface area (Å²) in [4.78, 5) is 31.6. The van der Waals surface area contributed by atoms with Crippen LogP contribution in [-0.2, 0) is 13.2 Å². The van der Waals surface area contributed by atoms with Gasteiger partial charge in [-0.05, 0) is 48.5 Å².